The number of hydrogen-bond acceptors (Lipinski definition) is 9. The number of aromatic nitrogens is 1. The largest absolute Gasteiger partial charge is 0.508 e. The Balaban J connectivity index is 1.12. The number of carboxylic acid groups (broad SMARTS) is 1. The molecule has 5 aliphatic rings. The maximum atomic E-state index is 14.0. The van der Waals surface area contributed by atoms with Crippen molar-refractivity contribution in [2.24, 2.45) is 47.2 Å². The van der Waals surface area contributed by atoms with Crippen molar-refractivity contribution in [1.29, 1.82) is 0 Å². The summed E-state index contributed by atoms with van der Waals surface area (Å²) >= 11 is 0. The lowest BCUT2D eigenvalue weighted by Gasteiger charge is -2.45. The molecule has 4 aromatic rings. The Bertz CT molecular complexity index is 2610. The minimum atomic E-state index is -1.28. The van der Waals surface area contributed by atoms with Gasteiger partial charge in [-0.1, -0.05) is 137 Å². The van der Waals surface area contributed by atoms with Gasteiger partial charge in [0.2, 0.25) is 0 Å². The van der Waals surface area contributed by atoms with Gasteiger partial charge in [0.1, 0.15) is 11.5 Å². The second-order valence-electron chi connectivity index (χ2n) is 23.8. The number of rotatable bonds is 20. The fourth-order valence-electron chi connectivity index (χ4n) is 14.7. The summed E-state index contributed by atoms with van der Waals surface area (Å²) < 4.78 is 0. The van der Waals surface area contributed by atoms with E-state index < -0.39 is 29.5 Å². The lowest BCUT2D eigenvalue weighted by molar-refractivity contribution is -0.152. The first-order valence-electron chi connectivity index (χ1n) is 29.4. The number of allylic oxidation sites excluding steroid dienone is 3. The van der Waals surface area contributed by atoms with Crippen LogP contribution in [0, 0.1) is 41.4 Å². The number of fused-ring (bicyclic) bond motifs is 1. The number of nitrogens with two attached hydrogens (primary N) is 1. The molecule has 1 aromatic heterocycles. The summed E-state index contributed by atoms with van der Waals surface area (Å²) in [5.74, 6) is -2.16. The normalized spacial score (nSPS) is 29.3. The third kappa shape index (κ3) is 13.5. The Kier molecular flexibility index (Phi) is 18.9. The van der Waals surface area contributed by atoms with Crippen LogP contribution in [0.2, 0.25) is 0 Å². The van der Waals surface area contributed by atoms with Crippen LogP contribution in [0.3, 0.4) is 0 Å². The Labute approximate surface area is 452 Å². The first kappa shape index (κ1) is 55.4. The minimum Gasteiger partial charge on any atom is -0.508 e. The van der Waals surface area contributed by atoms with Crippen molar-refractivity contribution in [3.05, 3.63) is 131 Å². The molecule has 11 nitrogen and oxygen atoms in total. The van der Waals surface area contributed by atoms with Crippen LogP contribution < -0.4 is 16.4 Å². The summed E-state index contributed by atoms with van der Waals surface area (Å²) in [5, 5.41) is 79.1. The lowest BCUT2D eigenvalue weighted by atomic mass is 9.65. The summed E-state index contributed by atoms with van der Waals surface area (Å²) in [6, 6.07) is 25.8. The van der Waals surface area contributed by atoms with Gasteiger partial charge in [-0.05, 0) is 136 Å². The molecule has 11 atom stereocenters. The summed E-state index contributed by atoms with van der Waals surface area (Å²) in [6.07, 6.45) is 25.0. The molecule has 0 saturated heterocycles. The molecule has 410 valence electrons. The minimum absolute atomic E-state index is 0.00217. The van der Waals surface area contributed by atoms with Crippen LogP contribution in [0.15, 0.2) is 115 Å². The smallest absolute Gasteiger partial charge is 0.309 e. The molecule has 4 aliphatic carbocycles. The van der Waals surface area contributed by atoms with Crippen molar-refractivity contribution in [3.8, 4) is 33.9 Å². The molecule has 11 unspecified atom stereocenters. The number of dihydropyridines is 1. The molecule has 0 bridgehead atoms. The molecule has 2 heterocycles. The van der Waals surface area contributed by atoms with Crippen molar-refractivity contribution >= 4 is 5.97 Å². The molecule has 0 amide bonds. The summed E-state index contributed by atoms with van der Waals surface area (Å²) in [6.45, 7) is 3.33. The van der Waals surface area contributed by atoms with Gasteiger partial charge in [-0.2, -0.15) is 0 Å². The van der Waals surface area contributed by atoms with Crippen LogP contribution in [-0.2, 0) is 11.2 Å². The molecule has 11 N–H and O–H groups in total. The highest BCUT2D eigenvalue weighted by Gasteiger charge is 2.55. The maximum Gasteiger partial charge on any atom is 0.309 e. The zero-order valence-electron chi connectivity index (χ0n) is 45.1. The van der Waals surface area contributed by atoms with Gasteiger partial charge >= 0.3 is 5.97 Å². The number of carboxylic acids is 1. The first-order valence-corrected chi connectivity index (χ1v) is 29.4. The van der Waals surface area contributed by atoms with E-state index in [-0.39, 0.29) is 53.6 Å². The van der Waals surface area contributed by atoms with E-state index in [1.54, 1.807) is 6.07 Å². The quantitative estimate of drug-likeness (QED) is 0.0300. The average Bonchev–Trinajstić information content (AvgIpc) is 4.00. The number of carbonyl (C=O) groups is 1. The van der Waals surface area contributed by atoms with E-state index in [4.69, 9.17) is 5.73 Å². The van der Waals surface area contributed by atoms with Crippen LogP contribution in [0.4, 0.5) is 0 Å². The van der Waals surface area contributed by atoms with Crippen molar-refractivity contribution in [3.63, 3.8) is 0 Å². The topological polar surface area (TPSA) is 204 Å². The monoisotopic (exact) mass is 1040 g/mol. The Hall–Kier alpha value is -5.33. The third-order valence-electron chi connectivity index (χ3n) is 18.7. The van der Waals surface area contributed by atoms with Crippen molar-refractivity contribution in [1.82, 2.24) is 15.6 Å². The molecule has 11 heteroatoms. The number of aliphatic hydroxyl groups excluding tert-OH is 2. The van der Waals surface area contributed by atoms with Gasteiger partial charge in [0.25, 0.3) is 0 Å². The Morgan fingerprint density at radius 1 is 0.816 bits per heavy atom. The number of aliphatic carboxylic acids is 1. The van der Waals surface area contributed by atoms with Crippen molar-refractivity contribution < 1.29 is 35.4 Å². The molecule has 3 fully saturated rings. The zero-order chi connectivity index (χ0) is 53.2. The van der Waals surface area contributed by atoms with Crippen LogP contribution in [0.25, 0.3) is 22.4 Å². The molecular weight excluding hydrogens is 949 g/mol. The standard InChI is InChI=1S/C65H88N4O7/c1-2-3-7-16-43-25-26-47(58(71)34-43)21-14-15-22-48-27-28-52(57-39-53(46-19-10-5-11-20-46)63(69-57)55-37-51(70)38-59(72)54(55)32-42-17-8-4-9-18-42)56-33-45(31-44-29-30-67-61(66)35-44)40-65(56,76)49(36-60(73)62(48)64(74)75)41-68-50-23-12-6-13-24-50/h4-5,8-11,17-20,25-26,29,35,37-39,43,45,47-50,52,56,58,60,62,67-73,76H,2-3,6-7,12-16,21-24,27-28,30-34,36,40-41,66H2,1H3,(H,74,75). The zero-order valence-corrected chi connectivity index (χ0v) is 45.1. The van der Waals surface area contributed by atoms with Crippen LogP contribution in [0.1, 0.15) is 158 Å². The van der Waals surface area contributed by atoms with E-state index >= 15 is 0 Å². The number of phenols is 2. The van der Waals surface area contributed by atoms with Crippen molar-refractivity contribution in [2.45, 2.75) is 172 Å². The predicted octanol–water partition coefficient (Wildman–Crippen LogP) is 12.0. The van der Waals surface area contributed by atoms with Gasteiger partial charge in [0.05, 0.1) is 35.2 Å². The fraction of sp³-hybridized carbons (Fsp3) is 0.554. The number of aromatic amines is 1. The number of aromatic hydroxyl groups is 2. The van der Waals surface area contributed by atoms with E-state index in [1.165, 1.54) is 31.7 Å². The maximum absolute atomic E-state index is 14.0. The Morgan fingerprint density at radius 2 is 1.57 bits per heavy atom. The van der Waals surface area contributed by atoms with Crippen molar-refractivity contribution in [2.75, 3.05) is 13.1 Å². The number of nitrogens with one attached hydrogen (secondary N) is 3. The van der Waals surface area contributed by atoms with Crippen LogP contribution in [-0.4, -0.2) is 78.5 Å². The number of H-pyrrole nitrogens is 1. The molecule has 0 radical (unpaired) electrons. The lowest BCUT2D eigenvalue weighted by Crippen LogP contribution is -2.52. The second-order valence-corrected chi connectivity index (χ2v) is 23.8. The predicted molar refractivity (Wildman–Crippen MR) is 303 cm³/mol. The van der Waals surface area contributed by atoms with E-state index in [9.17, 15) is 35.4 Å². The van der Waals surface area contributed by atoms with E-state index in [0.717, 1.165) is 104 Å². The van der Waals surface area contributed by atoms with E-state index in [2.05, 4.69) is 59.0 Å². The van der Waals surface area contributed by atoms with Gasteiger partial charge in [0, 0.05) is 71.8 Å². The molecule has 1 aliphatic heterocycles. The molecule has 0 spiro atoms. The van der Waals surface area contributed by atoms with Gasteiger partial charge in [-0.3, -0.25) is 4.79 Å². The van der Waals surface area contributed by atoms with Crippen LogP contribution >= 0.6 is 0 Å². The van der Waals surface area contributed by atoms with E-state index in [0.29, 0.717) is 74.1 Å². The highest BCUT2D eigenvalue weighted by molar-refractivity contribution is 5.85. The molecule has 3 aromatic carbocycles. The van der Waals surface area contributed by atoms with Crippen LogP contribution in [0.5, 0.6) is 11.5 Å². The summed E-state index contributed by atoms with van der Waals surface area (Å²) in [4.78, 5) is 17.7. The van der Waals surface area contributed by atoms with Gasteiger partial charge in [-0.15, -0.1) is 0 Å². The van der Waals surface area contributed by atoms with Gasteiger partial charge < -0.3 is 52.0 Å². The number of unbranched alkanes of at least 4 members (excludes halogenated alkanes) is 3. The number of benzene rings is 3. The highest BCUT2D eigenvalue weighted by atomic mass is 16.4. The van der Waals surface area contributed by atoms with Gasteiger partial charge in [0.15, 0.2) is 0 Å². The number of aliphatic hydroxyl groups is 3. The highest BCUT2D eigenvalue weighted by Crippen LogP contribution is 2.56. The molecule has 76 heavy (non-hydrogen) atoms. The molecule has 3 saturated carbocycles. The third-order valence-corrected chi connectivity index (χ3v) is 18.7. The molecular formula is C65H88N4O7. The number of hydrogen-bond donors (Lipinski definition) is 10. The second kappa shape index (κ2) is 25.9. The summed E-state index contributed by atoms with van der Waals surface area (Å²) in [7, 11) is 0. The number of phenolic OH excluding ortho intramolecular Hbond substituents is 2. The Morgan fingerprint density at radius 3 is 2.30 bits per heavy atom. The van der Waals surface area contributed by atoms with Gasteiger partial charge in [-0.25, -0.2) is 0 Å². The first-order chi connectivity index (χ1) is 36.9. The van der Waals surface area contributed by atoms with E-state index in [1.807, 2.05) is 54.6 Å². The fourth-order valence-corrected chi connectivity index (χ4v) is 14.7. The average molecular weight is 1040 g/mol. The SMILES string of the molecule is CCCCCC1C=CC(CCCCC2CCC(c3cc(-c4ccccc4)c(-c4cc(O)cc(O)c4Cc4ccccc4)[nH]3)C3CC(CC4=CCNC(N)=C4)CC3(O)C(CNC3CCCCC3)CC(O)C2C(=O)O)C(O)C1. The molecule has 9 rings (SSSR count). The summed E-state index contributed by atoms with van der Waals surface area (Å²) in [5.41, 5.74) is 12.1.